The molecule has 3 N–H and O–H groups in total. The van der Waals surface area contributed by atoms with E-state index in [-0.39, 0.29) is 0 Å². The standard InChI is InChI=1S/C13H16N2O2/c1-16-12-6-2-5-11(13(12)14)15-8-7-10-4-3-9-17-10/h2-6,9,15H,7-8,14H2,1H3. The monoisotopic (exact) mass is 232 g/mol. The minimum atomic E-state index is 0.634. The first-order valence-electron chi connectivity index (χ1n) is 5.50. The van der Waals surface area contributed by atoms with Crippen molar-refractivity contribution in [2.24, 2.45) is 0 Å². The molecule has 17 heavy (non-hydrogen) atoms. The molecule has 0 fully saturated rings. The summed E-state index contributed by atoms with van der Waals surface area (Å²) >= 11 is 0. The molecule has 0 radical (unpaired) electrons. The van der Waals surface area contributed by atoms with E-state index in [0.717, 1.165) is 24.4 Å². The second-order valence-corrected chi connectivity index (χ2v) is 3.68. The fourth-order valence-electron chi connectivity index (χ4n) is 1.65. The Kier molecular flexibility index (Phi) is 3.55. The first kappa shape index (κ1) is 11.4. The lowest BCUT2D eigenvalue weighted by molar-refractivity contribution is 0.417. The van der Waals surface area contributed by atoms with Gasteiger partial charge in [0, 0.05) is 13.0 Å². The van der Waals surface area contributed by atoms with Crippen molar-refractivity contribution in [1.29, 1.82) is 0 Å². The van der Waals surface area contributed by atoms with Crippen molar-refractivity contribution in [1.82, 2.24) is 0 Å². The zero-order valence-electron chi connectivity index (χ0n) is 9.77. The van der Waals surface area contributed by atoms with Gasteiger partial charge in [0.1, 0.15) is 11.5 Å². The van der Waals surface area contributed by atoms with E-state index in [1.807, 2.05) is 30.3 Å². The quantitative estimate of drug-likeness (QED) is 0.778. The zero-order chi connectivity index (χ0) is 12.1. The van der Waals surface area contributed by atoms with Gasteiger partial charge in [0.05, 0.1) is 24.7 Å². The number of hydrogen-bond acceptors (Lipinski definition) is 4. The number of hydrogen-bond donors (Lipinski definition) is 2. The van der Waals surface area contributed by atoms with Crippen LogP contribution in [0.25, 0.3) is 0 Å². The van der Waals surface area contributed by atoms with Gasteiger partial charge in [-0.3, -0.25) is 0 Å². The van der Waals surface area contributed by atoms with Crippen molar-refractivity contribution in [3.63, 3.8) is 0 Å². The van der Waals surface area contributed by atoms with Gasteiger partial charge in [-0.15, -0.1) is 0 Å². The Morgan fingerprint density at radius 3 is 2.88 bits per heavy atom. The SMILES string of the molecule is COc1cccc(NCCc2ccco2)c1N. The topological polar surface area (TPSA) is 60.4 Å². The molecule has 1 aromatic carbocycles. The molecule has 2 rings (SSSR count). The molecule has 0 aliphatic carbocycles. The average molecular weight is 232 g/mol. The van der Waals surface area contributed by atoms with Crippen LogP contribution in [0.1, 0.15) is 5.76 Å². The van der Waals surface area contributed by atoms with Crippen molar-refractivity contribution in [3.8, 4) is 5.75 Å². The van der Waals surface area contributed by atoms with Gasteiger partial charge in [0.2, 0.25) is 0 Å². The van der Waals surface area contributed by atoms with Crippen LogP contribution >= 0.6 is 0 Å². The molecule has 0 amide bonds. The number of ether oxygens (including phenoxy) is 1. The van der Waals surface area contributed by atoms with E-state index in [0.29, 0.717) is 11.4 Å². The summed E-state index contributed by atoms with van der Waals surface area (Å²) < 4.78 is 10.4. The summed E-state index contributed by atoms with van der Waals surface area (Å²) in [7, 11) is 1.61. The van der Waals surface area contributed by atoms with Gasteiger partial charge in [-0.2, -0.15) is 0 Å². The van der Waals surface area contributed by atoms with Crippen LogP contribution in [0.2, 0.25) is 0 Å². The van der Waals surface area contributed by atoms with E-state index >= 15 is 0 Å². The molecule has 0 aliphatic heterocycles. The molecule has 1 aromatic heterocycles. The number of benzene rings is 1. The highest BCUT2D eigenvalue weighted by molar-refractivity contribution is 5.72. The van der Waals surface area contributed by atoms with Gasteiger partial charge in [-0.05, 0) is 24.3 Å². The minimum Gasteiger partial charge on any atom is -0.495 e. The summed E-state index contributed by atoms with van der Waals surface area (Å²) in [6.07, 6.45) is 2.50. The van der Waals surface area contributed by atoms with Crippen LogP contribution in [0.4, 0.5) is 11.4 Å². The highest BCUT2D eigenvalue weighted by atomic mass is 16.5. The number of anilines is 2. The smallest absolute Gasteiger partial charge is 0.143 e. The average Bonchev–Trinajstić information content (AvgIpc) is 2.84. The van der Waals surface area contributed by atoms with E-state index in [1.54, 1.807) is 13.4 Å². The summed E-state index contributed by atoms with van der Waals surface area (Å²) in [5.41, 5.74) is 7.46. The van der Waals surface area contributed by atoms with Crippen molar-refractivity contribution in [2.45, 2.75) is 6.42 Å². The van der Waals surface area contributed by atoms with Gasteiger partial charge in [-0.1, -0.05) is 6.07 Å². The van der Waals surface area contributed by atoms with Crippen LogP contribution in [0, 0.1) is 0 Å². The van der Waals surface area contributed by atoms with Gasteiger partial charge >= 0.3 is 0 Å². The number of furan rings is 1. The van der Waals surface area contributed by atoms with Crippen LogP contribution in [0.3, 0.4) is 0 Å². The Balaban J connectivity index is 1.95. The summed E-state index contributed by atoms with van der Waals surface area (Å²) in [5.74, 6) is 1.65. The molecule has 0 bridgehead atoms. The molecular formula is C13H16N2O2. The lowest BCUT2D eigenvalue weighted by Crippen LogP contribution is -2.07. The Labute approximate surface area is 100 Å². The van der Waals surface area contributed by atoms with E-state index < -0.39 is 0 Å². The van der Waals surface area contributed by atoms with Crippen molar-refractivity contribution in [3.05, 3.63) is 42.4 Å². The van der Waals surface area contributed by atoms with E-state index in [9.17, 15) is 0 Å². The number of nitrogens with two attached hydrogens (primary N) is 1. The predicted molar refractivity (Wildman–Crippen MR) is 68.3 cm³/mol. The molecule has 90 valence electrons. The van der Waals surface area contributed by atoms with Crippen LogP contribution in [-0.4, -0.2) is 13.7 Å². The maximum Gasteiger partial charge on any atom is 0.143 e. The van der Waals surface area contributed by atoms with Gasteiger partial charge < -0.3 is 20.2 Å². The zero-order valence-corrected chi connectivity index (χ0v) is 9.77. The number of rotatable bonds is 5. The maximum absolute atomic E-state index is 5.94. The molecule has 1 heterocycles. The van der Waals surface area contributed by atoms with E-state index in [4.69, 9.17) is 14.9 Å². The Morgan fingerprint density at radius 2 is 2.18 bits per heavy atom. The second kappa shape index (κ2) is 5.30. The van der Waals surface area contributed by atoms with Crippen LogP contribution in [0.5, 0.6) is 5.75 Å². The molecular weight excluding hydrogens is 216 g/mol. The molecule has 0 unspecified atom stereocenters. The Bertz CT molecular complexity index is 466. The minimum absolute atomic E-state index is 0.634. The third kappa shape index (κ3) is 2.72. The maximum atomic E-state index is 5.94. The number of para-hydroxylation sites is 1. The van der Waals surface area contributed by atoms with E-state index in [1.165, 1.54) is 0 Å². The predicted octanol–water partition coefficient (Wildman–Crippen LogP) is 2.52. The number of methoxy groups -OCH3 is 1. The first-order chi connectivity index (χ1) is 8.31. The highest BCUT2D eigenvalue weighted by Crippen LogP contribution is 2.28. The first-order valence-corrected chi connectivity index (χ1v) is 5.50. The van der Waals surface area contributed by atoms with Crippen LogP contribution in [0.15, 0.2) is 41.0 Å². The number of nitrogens with one attached hydrogen (secondary N) is 1. The number of nitrogen functional groups attached to an aromatic ring is 1. The molecule has 0 saturated heterocycles. The molecule has 4 heteroatoms. The van der Waals surface area contributed by atoms with Gasteiger partial charge in [0.15, 0.2) is 0 Å². The van der Waals surface area contributed by atoms with Crippen molar-refractivity contribution >= 4 is 11.4 Å². The second-order valence-electron chi connectivity index (χ2n) is 3.68. The molecule has 0 aliphatic rings. The van der Waals surface area contributed by atoms with Crippen molar-refractivity contribution in [2.75, 3.05) is 24.7 Å². The summed E-state index contributed by atoms with van der Waals surface area (Å²) in [6, 6.07) is 9.52. The molecule has 0 saturated carbocycles. The largest absolute Gasteiger partial charge is 0.495 e. The lowest BCUT2D eigenvalue weighted by atomic mass is 10.2. The fourth-order valence-corrected chi connectivity index (χ4v) is 1.65. The van der Waals surface area contributed by atoms with E-state index in [2.05, 4.69) is 5.32 Å². The van der Waals surface area contributed by atoms with Crippen LogP contribution in [-0.2, 0) is 6.42 Å². The Hall–Kier alpha value is -2.10. The van der Waals surface area contributed by atoms with Gasteiger partial charge in [-0.25, -0.2) is 0 Å². The third-order valence-corrected chi connectivity index (χ3v) is 2.55. The molecule has 0 atom stereocenters. The van der Waals surface area contributed by atoms with Crippen LogP contribution < -0.4 is 15.8 Å². The Morgan fingerprint density at radius 1 is 1.29 bits per heavy atom. The summed E-state index contributed by atoms with van der Waals surface area (Å²) in [4.78, 5) is 0. The molecule has 2 aromatic rings. The highest BCUT2D eigenvalue weighted by Gasteiger charge is 2.04. The van der Waals surface area contributed by atoms with Gasteiger partial charge in [0.25, 0.3) is 0 Å². The third-order valence-electron chi connectivity index (χ3n) is 2.55. The lowest BCUT2D eigenvalue weighted by Gasteiger charge is -2.11. The normalized spacial score (nSPS) is 10.2. The molecule has 0 spiro atoms. The molecule has 4 nitrogen and oxygen atoms in total. The fraction of sp³-hybridized carbons (Fsp3) is 0.231. The van der Waals surface area contributed by atoms with Crippen molar-refractivity contribution < 1.29 is 9.15 Å². The summed E-state index contributed by atoms with van der Waals surface area (Å²) in [6.45, 7) is 0.769. The summed E-state index contributed by atoms with van der Waals surface area (Å²) in [5, 5.41) is 3.26.